The first-order chi connectivity index (χ1) is 10.7. The van der Waals surface area contributed by atoms with Crippen LogP contribution in [0, 0.1) is 14.9 Å². The third kappa shape index (κ3) is 1.92. The van der Waals surface area contributed by atoms with Crippen LogP contribution in [0.4, 0.5) is 0 Å². The van der Waals surface area contributed by atoms with Crippen LogP contribution in [0.5, 0.6) is 5.75 Å². The number of phenols is 1. The number of hydrogen-bond acceptors (Lipinski definition) is 2. The van der Waals surface area contributed by atoms with Crippen molar-refractivity contribution in [1.82, 2.24) is 0 Å². The number of nitriles is 1. The molecule has 2 nitrogen and oxygen atoms in total. The number of halogens is 1. The predicted molar refractivity (Wildman–Crippen MR) is 98.1 cm³/mol. The molecule has 0 aromatic heterocycles. The van der Waals surface area contributed by atoms with Gasteiger partial charge in [-0.05, 0) is 79.9 Å². The zero-order valence-corrected chi connectivity index (χ0v) is 13.6. The van der Waals surface area contributed by atoms with Gasteiger partial charge in [0.25, 0.3) is 0 Å². The second-order valence-corrected chi connectivity index (χ2v) is 6.40. The molecule has 4 rings (SSSR count). The number of fused-ring (bicyclic) bond motifs is 3. The van der Waals surface area contributed by atoms with Crippen molar-refractivity contribution in [2.75, 3.05) is 0 Å². The third-order valence-corrected chi connectivity index (χ3v) is 5.08. The summed E-state index contributed by atoms with van der Waals surface area (Å²) in [6.07, 6.45) is 0. The van der Waals surface area contributed by atoms with E-state index in [0.717, 1.165) is 21.5 Å². The van der Waals surface area contributed by atoms with Crippen LogP contribution < -0.4 is 0 Å². The minimum atomic E-state index is 0.157. The molecule has 0 radical (unpaired) electrons. The average Bonchev–Trinajstić information content (AvgIpc) is 2.53. The number of benzene rings is 4. The fourth-order valence-electron chi connectivity index (χ4n) is 2.91. The zero-order chi connectivity index (χ0) is 15.3. The molecule has 1 N–H and O–H groups in total. The van der Waals surface area contributed by atoms with E-state index in [9.17, 15) is 10.4 Å². The molecule has 0 saturated carbocycles. The first-order valence-electron chi connectivity index (χ1n) is 6.85. The first-order valence-corrected chi connectivity index (χ1v) is 7.93. The number of phenolic OH excluding ortho intramolecular Hbond substituents is 1. The maximum atomic E-state index is 10.0. The summed E-state index contributed by atoms with van der Waals surface area (Å²) in [6.45, 7) is 0. The van der Waals surface area contributed by atoms with Crippen LogP contribution in [0.2, 0.25) is 0 Å². The van der Waals surface area contributed by atoms with Gasteiger partial charge in [-0.3, -0.25) is 0 Å². The van der Waals surface area contributed by atoms with Crippen molar-refractivity contribution in [3.05, 3.63) is 63.7 Å². The average molecular weight is 395 g/mol. The van der Waals surface area contributed by atoms with E-state index < -0.39 is 0 Å². The molecule has 0 aliphatic rings. The largest absolute Gasteiger partial charge is 0.507 e. The smallest absolute Gasteiger partial charge is 0.130 e. The molecule has 0 unspecified atom stereocenters. The Kier molecular flexibility index (Phi) is 2.95. The Morgan fingerprint density at radius 1 is 0.818 bits per heavy atom. The van der Waals surface area contributed by atoms with E-state index >= 15 is 0 Å². The van der Waals surface area contributed by atoms with Crippen LogP contribution in [0.15, 0.2) is 54.6 Å². The van der Waals surface area contributed by atoms with Crippen LogP contribution in [-0.2, 0) is 0 Å². The molecule has 0 spiro atoms. The van der Waals surface area contributed by atoms with Gasteiger partial charge in [0.2, 0.25) is 0 Å². The van der Waals surface area contributed by atoms with Gasteiger partial charge in [0, 0.05) is 5.39 Å². The van der Waals surface area contributed by atoms with E-state index in [-0.39, 0.29) is 5.75 Å². The summed E-state index contributed by atoms with van der Waals surface area (Å²) in [5.74, 6) is 0.157. The molecule has 104 valence electrons. The molecule has 4 aromatic rings. The Bertz CT molecular complexity index is 1110. The van der Waals surface area contributed by atoms with Crippen LogP contribution >= 0.6 is 22.6 Å². The summed E-state index contributed by atoms with van der Waals surface area (Å²) >= 11 is 2.02. The van der Waals surface area contributed by atoms with Gasteiger partial charge in [0.15, 0.2) is 0 Å². The number of aromatic hydroxyl groups is 1. The monoisotopic (exact) mass is 395 g/mol. The third-order valence-electron chi connectivity index (χ3n) is 3.99. The van der Waals surface area contributed by atoms with Crippen LogP contribution in [0.1, 0.15) is 5.56 Å². The highest BCUT2D eigenvalue weighted by atomic mass is 127. The standard InChI is InChI=1S/C19H10INO/c20-19-17(10-21)16-8-14-6-12-4-2-1-3-11(12)5-13(14)7-15(16)9-18(19)22/h1-9,22H. The molecule has 0 aliphatic carbocycles. The van der Waals surface area contributed by atoms with E-state index in [0.29, 0.717) is 9.13 Å². The van der Waals surface area contributed by atoms with Crippen molar-refractivity contribution in [3.8, 4) is 11.8 Å². The summed E-state index contributed by atoms with van der Waals surface area (Å²) in [4.78, 5) is 0. The number of nitrogens with zero attached hydrogens (tertiary/aromatic N) is 1. The van der Waals surface area contributed by atoms with Gasteiger partial charge >= 0.3 is 0 Å². The van der Waals surface area contributed by atoms with Crippen molar-refractivity contribution in [3.63, 3.8) is 0 Å². The van der Waals surface area contributed by atoms with E-state index in [1.807, 2.05) is 46.9 Å². The highest BCUT2D eigenvalue weighted by molar-refractivity contribution is 14.1. The molecule has 4 aromatic carbocycles. The van der Waals surface area contributed by atoms with E-state index in [1.54, 1.807) is 6.07 Å². The quantitative estimate of drug-likeness (QED) is 0.323. The lowest BCUT2D eigenvalue weighted by Crippen LogP contribution is -1.87. The summed E-state index contributed by atoms with van der Waals surface area (Å²) < 4.78 is 0.604. The fourth-order valence-corrected chi connectivity index (χ4v) is 3.48. The molecule has 0 atom stereocenters. The maximum absolute atomic E-state index is 10.0. The summed E-state index contributed by atoms with van der Waals surface area (Å²) in [7, 11) is 0. The van der Waals surface area contributed by atoms with Crippen LogP contribution in [0.25, 0.3) is 32.3 Å². The molecule has 0 saturated heterocycles. The van der Waals surface area contributed by atoms with Gasteiger partial charge in [-0.25, -0.2) is 0 Å². The van der Waals surface area contributed by atoms with Crippen LogP contribution in [-0.4, -0.2) is 5.11 Å². The topological polar surface area (TPSA) is 44.0 Å². The van der Waals surface area contributed by atoms with Crippen molar-refractivity contribution in [2.24, 2.45) is 0 Å². The molecule has 0 bridgehead atoms. The highest BCUT2D eigenvalue weighted by Gasteiger charge is 2.11. The Labute approximate surface area is 140 Å². The van der Waals surface area contributed by atoms with E-state index in [4.69, 9.17) is 0 Å². The molecule has 0 amide bonds. The van der Waals surface area contributed by atoms with Crippen molar-refractivity contribution >= 4 is 54.9 Å². The Morgan fingerprint density at radius 2 is 1.41 bits per heavy atom. The highest BCUT2D eigenvalue weighted by Crippen LogP contribution is 2.34. The minimum absolute atomic E-state index is 0.157. The molecular weight excluding hydrogens is 385 g/mol. The van der Waals surface area contributed by atoms with Gasteiger partial charge in [0.1, 0.15) is 11.8 Å². The Balaban J connectivity index is 2.19. The number of rotatable bonds is 0. The van der Waals surface area contributed by atoms with E-state index in [2.05, 4.69) is 30.3 Å². The molecule has 0 heterocycles. The van der Waals surface area contributed by atoms with Crippen molar-refractivity contribution < 1.29 is 5.11 Å². The molecule has 0 aliphatic heterocycles. The van der Waals surface area contributed by atoms with Crippen LogP contribution in [0.3, 0.4) is 0 Å². The summed E-state index contributed by atoms with van der Waals surface area (Å²) in [6, 6.07) is 20.5. The molecule has 3 heteroatoms. The number of hydrogen-bond donors (Lipinski definition) is 1. The lowest BCUT2D eigenvalue weighted by atomic mass is 9.97. The van der Waals surface area contributed by atoms with Gasteiger partial charge in [-0.1, -0.05) is 24.3 Å². The molecule has 0 fully saturated rings. The minimum Gasteiger partial charge on any atom is -0.507 e. The normalized spacial score (nSPS) is 11.1. The Morgan fingerprint density at radius 3 is 2.05 bits per heavy atom. The Hall–Kier alpha value is -2.32. The SMILES string of the molecule is N#Cc1c(I)c(O)cc2cc3cc4ccccc4cc3cc12. The second-order valence-electron chi connectivity index (χ2n) is 5.32. The van der Waals surface area contributed by atoms with E-state index in [1.165, 1.54) is 10.8 Å². The van der Waals surface area contributed by atoms with Gasteiger partial charge < -0.3 is 5.11 Å². The van der Waals surface area contributed by atoms with Gasteiger partial charge in [-0.15, -0.1) is 0 Å². The predicted octanol–water partition coefficient (Wildman–Crippen LogP) is 5.33. The van der Waals surface area contributed by atoms with Gasteiger partial charge in [0.05, 0.1) is 9.13 Å². The molecular formula is C19H10INO. The molecule has 22 heavy (non-hydrogen) atoms. The second kappa shape index (κ2) is 4.85. The summed E-state index contributed by atoms with van der Waals surface area (Å²) in [5.41, 5.74) is 0.533. The lowest BCUT2D eigenvalue weighted by molar-refractivity contribution is 0.472. The summed E-state index contributed by atoms with van der Waals surface area (Å²) in [5, 5.41) is 25.8. The fraction of sp³-hybridized carbons (Fsp3) is 0. The van der Waals surface area contributed by atoms with Crippen molar-refractivity contribution in [2.45, 2.75) is 0 Å². The van der Waals surface area contributed by atoms with Crippen molar-refractivity contribution in [1.29, 1.82) is 5.26 Å². The first kappa shape index (κ1) is 13.4. The maximum Gasteiger partial charge on any atom is 0.130 e. The van der Waals surface area contributed by atoms with Gasteiger partial charge in [-0.2, -0.15) is 5.26 Å². The lowest BCUT2D eigenvalue weighted by Gasteiger charge is -2.08. The zero-order valence-electron chi connectivity index (χ0n) is 11.5.